The van der Waals surface area contributed by atoms with Crippen LogP contribution in [0.25, 0.3) is 11.1 Å². The third kappa shape index (κ3) is 1.80. The molecule has 1 heterocycles. The first-order valence-corrected chi connectivity index (χ1v) is 7.56. The van der Waals surface area contributed by atoms with E-state index in [2.05, 4.69) is 11.4 Å². The minimum absolute atomic E-state index is 0.237. The van der Waals surface area contributed by atoms with Crippen molar-refractivity contribution in [1.82, 2.24) is 5.32 Å². The first-order valence-electron chi connectivity index (χ1n) is 7.56. The minimum Gasteiger partial charge on any atom is -0.504 e. The van der Waals surface area contributed by atoms with E-state index < -0.39 is 0 Å². The first kappa shape index (κ1) is 13.5. The summed E-state index contributed by atoms with van der Waals surface area (Å²) in [7, 11) is 3.28. The number of aromatic hydroxyl groups is 1. The van der Waals surface area contributed by atoms with Crippen LogP contribution in [0.3, 0.4) is 0 Å². The molecule has 1 atom stereocenters. The van der Waals surface area contributed by atoms with E-state index in [1.165, 1.54) is 16.7 Å². The van der Waals surface area contributed by atoms with Crippen LogP contribution in [0.4, 0.5) is 0 Å². The molecule has 2 N–H and O–H groups in total. The van der Waals surface area contributed by atoms with Crippen molar-refractivity contribution in [2.45, 2.75) is 18.9 Å². The number of phenolic OH excluding ortho intramolecular Hbond substituents is 1. The number of hydrogen-bond donors (Lipinski definition) is 2. The molecule has 2 aliphatic rings. The number of phenols is 1. The average molecular weight is 297 g/mol. The van der Waals surface area contributed by atoms with Crippen molar-refractivity contribution in [3.8, 4) is 28.4 Å². The van der Waals surface area contributed by atoms with Gasteiger partial charge in [0.2, 0.25) is 0 Å². The van der Waals surface area contributed by atoms with Crippen molar-refractivity contribution in [2.75, 3.05) is 20.8 Å². The summed E-state index contributed by atoms with van der Waals surface area (Å²) in [6, 6.07) is 8.27. The van der Waals surface area contributed by atoms with Crippen molar-refractivity contribution in [2.24, 2.45) is 0 Å². The minimum atomic E-state index is 0.237. The molecule has 2 aromatic carbocycles. The number of nitrogens with one attached hydrogen (secondary N) is 1. The molecule has 0 saturated heterocycles. The van der Waals surface area contributed by atoms with Gasteiger partial charge in [0, 0.05) is 11.6 Å². The number of methoxy groups -OCH3 is 2. The average Bonchev–Trinajstić information content (AvgIpc) is 2.56. The number of rotatable bonds is 2. The highest BCUT2D eigenvalue weighted by atomic mass is 16.5. The lowest BCUT2D eigenvalue weighted by molar-refractivity contribution is 0.370. The monoisotopic (exact) mass is 297 g/mol. The third-order valence-electron chi connectivity index (χ3n) is 4.75. The van der Waals surface area contributed by atoms with Crippen LogP contribution in [0.2, 0.25) is 0 Å². The van der Waals surface area contributed by atoms with Gasteiger partial charge in [-0.1, -0.05) is 6.07 Å². The van der Waals surface area contributed by atoms with Crippen molar-refractivity contribution in [3.63, 3.8) is 0 Å². The van der Waals surface area contributed by atoms with Crippen molar-refractivity contribution in [1.29, 1.82) is 0 Å². The Morgan fingerprint density at radius 3 is 2.77 bits per heavy atom. The first-order chi connectivity index (χ1) is 10.7. The summed E-state index contributed by atoms with van der Waals surface area (Å²) in [5.41, 5.74) is 5.68. The van der Waals surface area contributed by atoms with Crippen LogP contribution in [0.1, 0.15) is 22.7 Å². The fourth-order valence-electron chi connectivity index (χ4n) is 3.74. The summed E-state index contributed by atoms with van der Waals surface area (Å²) in [6.07, 6.45) is 1.87. The predicted molar refractivity (Wildman–Crippen MR) is 84.8 cm³/mol. The Labute approximate surface area is 129 Å². The molecule has 0 saturated carbocycles. The summed E-state index contributed by atoms with van der Waals surface area (Å²) in [5.74, 6) is 1.64. The molecule has 0 spiro atoms. The molecule has 1 aliphatic carbocycles. The molecule has 0 aromatic heterocycles. The Balaban J connectivity index is 2.02. The van der Waals surface area contributed by atoms with Gasteiger partial charge in [0.15, 0.2) is 11.5 Å². The highest BCUT2D eigenvalue weighted by Gasteiger charge is 2.33. The summed E-state index contributed by atoms with van der Waals surface area (Å²) in [4.78, 5) is 0. The maximum atomic E-state index is 10.7. The van der Waals surface area contributed by atoms with Gasteiger partial charge < -0.3 is 19.9 Å². The van der Waals surface area contributed by atoms with Crippen LogP contribution in [-0.4, -0.2) is 25.9 Å². The number of benzene rings is 2. The summed E-state index contributed by atoms with van der Waals surface area (Å²) < 4.78 is 10.7. The molecule has 4 nitrogen and oxygen atoms in total. The van der Waals surface area contributed by atoms with Crippen LogP contribution < -0.4 is 14.8 Å². The van der Waals surface area contributed by atoms with Gasteiger partial charge in [-0.2, -0.15) is 0 Å². The molecule has 1 aliphatic heterocycles. The quantitative estimate of drug-likeness (QED) is 0.895. The second-order valence-electron chi connectivity index (χ2n) is 5.86. The standard InChI is InChI=1S/C18H19NO3/c1-21-12-3-4-13-11(7-12)8-14-16-10(5-6-19-14)9-15(22-2)18(20)17(13)16/h3-4,7,9,14,19-20H,5-6,8H2,1-2H3/t14-/m0/s1. The van der Waals surface area contributed by atoms with Crippen LogP contribution in [0.15, 0.2) is 24.3 Å². The normalized spacial score (nSPS) is 18.4. The predicted octanol–water partition coefficient (Wildman–Crippen LogP) is 2.82. The summed E-state index contributed by atoms with van der Waals surface area (Å²) in [5, 5.41) is 14.3. The van der Waals surface area contributed by atoms with E-state index in [0.717, 1.165) is 36.3 Å². The van der Waals surface area contributed by atoms with E-state index in [-0.39, 0.29) is 11.8 Å². The Hall–Kier alpha value is -2.20. The van der Waals surface area contributed by atoms with Gasteiger partial charge in [0.05, 0.1) is 14.2 Å². The van der Waals surface area contributed by atoms with Crippen molar-refractivity contribution < 1.29 is 14.6 Å². The van der Waals surface area contributed by atoms with E-state index >= 15 is 0 Å². The van der Waals surface area contributed by atoms with Gasteiger partial charge in [0.25, 0.3) is 0 Å². The second kappa shape index (κ2) is 4.92. The lowest BCUT2D eigenvalue weighted by atomic mass is 9.77. The van der Waals surface area contributed by atoms with Crippen LogP contribution in [-0.2, 0) is 12.8 Å². The molecule has 0 fully saturated rings. The smallest absolute Gasteiger partial charge is 0.166 e. The molecule has 114 valence electrons. The van der Waals surface area contributed by atoms with Gasteiger partial charge >= 0.3 is 0 Å². The Bertz CT molecular complexity index is 754. The zero-order valence-electron chi connectivity index (χ0n) is 12.8. The van der Waals surface area contributed by atoms with E-state index in [0.29, 0.717) is 5.75 Å². The van der Waals surface area contributed by atoms with Crippen LogP contribution in [0, 0.1) is 0 Å². The highest BCUT2D eigenvalue weighted by molar-refractivity contribution is 5.83. The van der Waals surface area contributed by atoms with Crippen LogP contribution >= 0.6 is 0 Å². The van der Waals surface area contributed by atoms with E-state index in [4.69, 9.17) is 9.47 Å². The zero-order valence-corrected chi connectivity index (χ0v) is 12.8. The topological polar surface area (TPSA) is 50.7 Å². The van der Waals surface area contributed by atoms with Gasteiger partial charge in [-0.15, -0.1) is 0 Å². The molecule has 2 aromatic rings. The lowest BCUT2D eigenvalue weighted by Crippen LogP contribution is -2.33. The molecule has 22 heavy (non-hydrogen) atoms. The van der Waals surface area contributed by atoms with Crippen molar-refractivity contribution in [3.05, 3.63) is 41.0 Å². The van der Waals surface area contributed by atoms with E-state index in [1.807, 2.05) is 18.2 Å². The van der Waals surface area contributed by atoms with E-state index in [1.54, 1.807) is 14.2 Å². The maximum absolute atomic E-state index is 10.7. The summed E-state index contributed by atoms with van der Waals surface area (Å²) in [6.45, 7) is 0.949. The molecule has 4 heteroatoms. The number of hydrogen-bond acceptors (Lipinski definition) is 4. The molecular weight excluding hydrogens is 278 g/mol. The zero-order chi connectivity index (χ0) is 15.3. The molecule has 0 amide bonds. The second-order valence-corrected chi connectivity index (χ2v) is 5.86. The molecule has 0 bridgehead atoms. The molecular formula is C18H19NO3. The lowest BCUT2D eigenvalue weighted by Gasteiger charge is -2.35. The Morgan fingerprint density at radius 2 is 2.00 bits per heavy atom. The van der Waals surface area contributed by atoms with Gasteiger partial charge in [-0.25, -0.2) is 0 Å². The maximum Gasteiger partial charge on any atom is 0.166 e. The summed E-state index contributed by atoms with van der Waals surface area (Å²) >= 11 is 0. The fraction of sp³-hybridized carbons (Fsp3) is 0.333. The Kier molecular flexibility index (Phi) is 3.01. The van der Waals surface area contributed by atoms with Crippen LogP contribution in [0.5, 0.6) is 17.2 Å². The third-order valence-corrected chi connectivity index (χ3v) is 4.75. The van der Waals surface area contributed by atoms with Crippen molar-refractivity contribution >= 4 is 0 Å². The molecule has 0 unspecified atom stereocenters. The fourth-order valence-corrected chi connectivity index (χ4v) is 3.74. The van der Waals surface area contributed by atoms with E-state index in [9.17, 15) is 5.11 Å². The van der Waals surface area contributed by atoms with Gasteiger partial charge in [0.1, 0.15) is 5.75 Å². The largest absolute Gasteiger partial charge is 0.504 e. The van der Waals surface area contributed by atoms with Gasteiger partial charge in [-0.05, 0) is 59.8 Å². The van der Waals surface area contributed by atoms with Gasteiger partial charge in [-0.3, -0.25) is 0 Å². The molecule has 0 radical (unpaired) electrons. The Morgan fingerprint density at radius 1 is 1.14 bits per heavy atom. The number of fused-ring (bicyclic) bond motifs is 2. The highest BCUT2D eigenvalue weighted by Crippen LogP contribution is 2.50. The number of ether oxygens (including phenoxy) is 2. The molecule has 4 rings (SSSR count). The SMILES string of the molecule is COc1ccc2c(c1)C[C@@H]1NCCc3cc(OC)c(O)c-2c31.